The Balaban J connectivity index is 0.000000426. The Kier molecular flexibility index (Phi) is 16.7. The van der Waals surface area contributed by atoms with Gasteiger partial charge in [0.15, 0.2) is 5.82 Å². The standard InChI is InChI=1S/C11H16O.C9H9N.C3H8.C2H4N4/c1-3-4-9-12-11-8-6-5-7-10(11)2;1-3-8-6-5-7-10-9(8)4-2;1-3-2;1-2-3-5-6-4-2/h5-8H,3-4,9H2,1-2H3;3-7H,1-2H2;3H2,1-2H3;1H3,(H,3,4,5,6). The van der Waals surface area contributed by atoms with Crippen LogP contribution in [0.1, 0.15) is 62.7 Å². The number of tetrazole rings is 1. The fraction of sp³-hybridized carbons (Fsp3) is 0.360. The molecule has 2 aromatic heterocycles. The summed E-state index contributed by atoms with van der Waals surface area (Å²) in [6.45, 7) is 18.4. The van der Waals surface area contributed by atoms with Gasteiger partial charge in [0.2, 0.25) is 0 Å². The molecule has 2 heterocycles. The molecule has 0 amide bonds. The highest BCUT2D eigenvalue weighted by Crippen LogP contribution is 2.16. The number of rotatable bonds is 6. The van der Waals surface area contributed by atoms with E-state index in [9.17, 15) is 0 Å². The van der Waals surface area contributed by atoms with Gasteiger partial charge in [-0.05, 0) is 49.6 Å². The summed E-state index contributed by atoms with van der Waals surface area (Å²) in [4.78, 5) is 4.08. The van der Waals surface area contributed by atoms with Crippen molar-refractivity contribution in [3.63, 3.8) is 0 Å². The Morgan fingerprint density at radius 3 is 2.16 bits per heavy atom. The van der Waals surface area contributed by atoms with Crippen molar-refractivity contribution in [1.29, 1.82) is 0 Å². The molecule has 0 unspecified atom stereocenters. The third kappa shape index (κ3) is 13.5. The number of ether oxygens (including phenoxy) is 1. The van der Waals surface area contributed by atoms with Crippen LogP contribution in [0.2, 0.25) is 0 Å². The molecule has 0 aliphatic heterocycles. The molecule has 1 N–H and O–H groups in total. The molecule has 6 heteroatoms. The first kappa shape index (κ1) is 27.7. The predicted octanol–water partition coefficient (Wildman–Crippen LogP) is 6.47. The van der Waals surface area contributed by atoms with Crippen molar-refractivity contribution in [2.24, 2.45) is 0 Å². The van der Waals surface area contributed by atoms with Crippen molar-refractivity contribution in [2.45, 2.75) is 53.9 Å². The van der Waals surface area contributed by atoms with E-state index in [0.717, 1.165) is 30.0 Å². The molecule has 0 fully saturated rings. The van der Waals surface area contributed by atoms with E-state index in [1.54, 1.807) is 25.3 Å². The Morgan fingerprint density at radius 2 is 1.71 bits per heavy atom. The fourth-order valence-corrected chi connectivity index (χ4v) is 2.03. The van der Waals surface area contributed by atoms with Crippen LogP contribution in [0.5, 0.6) is 5.75 Å². The van der Waals surface area contributed by atoms with E-state index in [0.29, 0.717) is 5.82 Å². The number of aromatic amines is 1. The van der Waals surface area contributed by atoms with Gasteiger partial charge in [-0.2, -0.15) is 5.21 Å². The number of para-hydroxylation sites is 1. The largest absolute Gasteiger partial charge is 0.493 e. The number of hydrogen-bond acceptors (Lipinski definition) is 5. The lowest BCUT2D eigenvalue weighted by Crippen LogP contribution is -1.97. The lowest BCUT2D eigenvalue weighted by Gasteiger charge is -2.07. The van der Waals surface area contributed by atoms with Gasteiger partial charge in [-0.25, -0.2) is 0 Å². The van der Waals surface area contributed by atoms with Crippen molar-refractivity contribution in [3.8, 4) is 5.75 Å². The number of nitrogens with zero attached hydrogens (tertiary/aromatic N) is 4. The predicted molar refractivity (Wildman–Crippen MR) is 131 cm³/mol. The van der Waals surface area contributed by atoms with Gasteiger partial charge in [0, 0.05) is 6.20 Å². The van der Waals surface area contributed by atoms with E-state index in [-0.39, 0.29) is 0 Å². The second kappa shape index (κ2) is 18.7. The molecule has 0 bridgehead atoms. The number of aromatic nitrogens is 5. The normalized spacial score (nSPS) is 8.94. The van der Waals surface area contributed by atoms with Crippen LogP contribution >= 0.6 is 0 Å². The van der Waals surface area contributed by atoms with Crippen molar-refractivity contribution in [3.05, 3.63) is 78.4 Å². The monoisotopic (exact) mass is 423 g/mol. The highest BCUT2D eigenvalue weighted by molar-refractivity contribution is 5.59. The second-order valence-electron chi connectivity index (χ2n) is 6.52. The summed E-state index contributed by atoms with van der Waals surface area (Å²) in [5, 5.41) is 12.7. The highest BCUT2D eigenvalue weighted by Gasteiger charge is 1.95. The summed E-state index contributed by atoms with van der Waals surface area (Å²) in [6.07, 6.45) is 8.80. The number of aryl methyl sites for hydroxylation is 2. The molecule has 3 aromatic rings. The molecule has 0 aliphatic rings. The maximum atomic E-state index is 5.58. The molecule has 0 atom stereocenters. The lowest BCUT2D eigenvalue weighted by atomic mass is 10.2. The van der Waals surface area contributed by atoms with E-state index >= 15 is 0 Å². The fourth-order valence-electron chi connectivity index (χ4n) is 2.03. The van der Waals surface area contributed by atoms with Gasteiger partial charge in [-0.3, -0.25) is 4.98 Å². The Hall–Kier alpha value is -3.28. The van der Waals surface area contributed by atoms with Gasteiger partial charge in [0.05, 0.1) is 12.3 Å². The minimum absolute atomic E-state index is 0.676. The van der Waals surface area contributed by atoms with Crippen LogP contribution in [0.4, 0.5) is 0 Å². The zero-order valence-electron chi connectivity index (χ0n) is 19.6. The topological polar surface area (TPSA) is 76.6 Å². The third-order valence-electron chi connectivity index (χ3n) is 3.58. The average molecular weight is 424 g/mol. The summed E-state index contributed by atoms with van der Waals surface area (Å²) in [6, 6.07) is 12.0. The number of pyridine rings is 1. The molecule has 6 nitrogen and oxygen atoms in total. The minimum atomic E-state index is 0.676. The first-order chi connectivity index (χ1) is 15.0. The van der Waals surface area contributed by atoms with Crippen LogP contribution in [0.3, 0.4) is 0 Å². The zero-order chi connectivity index (χ0) is 23.3. The van der Waals surface area contributed by atoms with E-state index in [1.807, 2.05) is 30.3 Å². The molecule has 0 spiro atoms. The molecule has 0 saturated carbocycles. The molecule has 0 radical (unpaired) electrons. The van der Waals surface area contributed by atoms with E-state index in [2.05, 4.69) is 72.5 Å². The Bertz CT molecular complexity index is 804. The molecule has 1 aromatic carbocycles. The number of unbranched alkanes of at least 4 members (excludes halogenated alkanes) is 1. The van der Waals surface area contributed by atoms with Crippen LogP contribution in [0, 0.1) is 13.8 Å². The highest BCUT2D eigenvalue weighted by atomic mass is 16.5. The molecule has 0 saturated heterocycles. The van der Waals surface area contributed by atoms with E-state index in [1.165, 1.54) is 18.4 Å². The molecule has 0 aliphatic carbocycles. The average Bonchev–Trinajstić information content (AvgIpc) is 3.27. The van der Waals surface area contributed by atoms with Crippen molar-refractivity contribution >= 4 is 12.2 Å². The van der Waals surface area contributed by atoms with Gasteiger partial charge in [0.25, 0.3) is 0 Å². The van der Waals surface area contributed by atoms with Gasteiger partial charge in [0.1, 0.15) is 5.75 Å². The number of nitrogens with one attached hydrogen (secondary N) is 1. The first-order valence-corrected chi connectivity index (χ1v) is 10.6. The molecular formula is C25H37N5O. The third-order valence-corrected chi connectivity index (χ3v) is 3.58. The SMILES string of the molecule is C=Cc1cccnc1C=C.CCC.CCCCOc1ccccc1C.Cc1nn[nH]n1. The van der Waals surface area contributed by atoms with Crippen LogP contribution in [-0.2, 0) is 0 Å². The summed E-state index contributed by atoms with van der Waals surface area (Å²) in [7, 11) is 0. The van der Waals surface area contributed by atoms with E-state index < -0.39 is 0 Å². The van der Waals surface area contributed by atoms with Gasteiger partial charge >= 0.3 is 0 Å². The molecular weight excluding hydrogens is 386 g/mol. The summed E-state index contributed by atoms with van der Waals surface area (Å²) in [5.41, 5.74) is 3.13. The molecule has 3 rings (SSSR count). The molecule has 31 heavy (non-hydrogen) atoms. The maximum absolute atomic E-state index is 5.58. The van der Waals surface area contributed by atoms with Gasteiger partial charge in [-0.1, -0.05) is 82.3 Å². The van der Waals surface area contributed by atoms with Crippen LogP contribution < -0.4 is 4.74 Å². The summed E-state index contributed by atoms with van der Waals surface area (Å²) in [5.74, 6) is 1.70. The maximum Gasteiger partial charge on any atom is 0.171 e. The van der Waals surface area contributed by atoms with Crippen LogP contribution in [0.25, 0.3) is 12.2 Å². The van der Waals surface area contributed by atoms with Crippen LogP contribution in [-0.4, -0.2) is 32.2 Å². The van der Waals surface area contributed by atoms with Gasteiger partial charge in [-0.15, -0.1) is 10.2 Å². The lowest BCUT2D eigenvalue weighted by molar-refractivity contribution is 0.307. The second-order valence-corrected chi connectivity index (χ2v) is 6.52. The van der Waals surface area contributed by atoms with Crippen molar-refractivity contribution in [1.82, 2.24) is 25.6 Å². The first-order valence-electron chi connectivity index (χ1n) is 10.6. The number of H-pyrrole nitrogens is 1. The van der Waals surface area contributed by atoms with Crippen molar-refractivity contribution < 1.29 is 4.74 Å². The quantitative estimate of drug-likeness (QED) is 0.460. The van der Waals surface area contributed by atoms with Crippen molar-refractivity contribution in [2.75, 3.05) is 6.61 Å². The zero-order valence-corrected chi connectivity index (χ0v) is 19.6. The van der Waals surface area contributed by atoms with Crippen LogP contribution in [0.15, 0.2) is 55.8 Å². The Labute approximate surface area is 187 Å². The number of benzene rings is 1. The summed E-state index contributed by atoms with van der Waals surface area (Å²) < 4.78 is 5.58. The smallest absolute Gasteiger partial charge is 0.171 e. The summed E-state index contributed by atoms with van der Waals surface area (Å²) >= 11 is 0. The number of hydrogen-bond donors (Lipinski definition) is 1. The van der Waals surface area contributed by atoms with Gasteiger partial charge < -0.3 is 4.74 Å². The Morgan fingerprint density at radius 1 is 1.00 bits per heavy atom. The minimum Gasteiger partial charge on any atom is -0.493 e. The molecule has 168 valence electrons. The van der Waals surface area contributed by atoms with E-state index in [4.69, 9.17) is 4.74 Å².